The highest BCUT2D eigenvalue weighted by molar-refractivity contribution is 9.10. The van der Waals surface area contributed by atoms with Gasteiger partial charge in [-0.3, -0.25) is 20.4 Å². The summed E-state index contributed by atoms with van der Waals surface area (Å²) in [5, 5.41) is 0.840. The number of halogens is 1. The summed E-state index contributed by atoms with van der Waals surface area (Å²) in [6, 6.07) is 10.5. The first-order valence-electron chi connectivity index (χ1n) is 7.96. The third-order valence-corrected chi connectivity index (χ3v) is 4.63. The van der Waals surface area contributed by atoms with Gasteiger partial charge in [0.2, 0.25) is 0 Å². The van der Waals surface area contributed by atoms with Crippen LogP contribution in [0.3, 0.4) is 0 Å². The van der Waals surface area contributed by atoms with Gasteiger partial charge in [0.1, 0.15) is 17.1 Å². The molecule has 2 amide bonds. The molecule has 3 aromatic rings. The molecular formula is C19H17BrN2O5. The number of nitrogens with one attached hydrogen (secondary N) is 2. The molecule has 0 aliphatic carbocycles. The summed E-state index contributed by atoms with van der Waals surface area (Å²) >= 11 is 3.33. The summed E-state index contributed by atoms with van der Waals surface area (Å²) in [7, 11) is 2.93. The number of carbonyl (C=O) groups excluding carboxylic acids is 2. The van der Waals surface area contributed by atoms with Crippen LogP contribution in [0.25, 0.3) is 11.0 Å². The van der Waals surface area contributed by atoms with Gasteiger partial charge in [-0.05, 0) is 41.1 Å². The van der Waals surface area contributed by atoms with Crippen molar-refractivity contribution in [3.63, 3.8) is 0 Å². The molecule has 0 saturated heterocycles. The van der Waals surface area contributed by atoms with E-state index in [9.17, 15) is 9.59 Å². The number of fused-ring (bicyclic) bond motifs is 1. The lowest BCUT2D eigenvalue weighted by Crippen LogP contribution is -2.41. The van der Waals surface area contributed by atoms with E-state index >= 15 is 0 Å². The van der Waals surface area contributed by atoms with Crippen LogP contribution in [-0.4, -0.2) is 26.0 Å². The molecule has 0 spiro atoms. The van der Waals surface area contributed by atoms with Crippen LogP contribution in [0.15, 0.2) is 45.3 Å². The van der Waals surface area contributed by atoms with Gasteiger partial charge in [0.15, 0.2) is 5.76 Å². The molecule has 0 aliphatic rings. The first-order valence-corrected chi connectivity index (χ1v) is 8.76. The molecule has 0 unspecified atom stereocenters. The molecule has 0 aliphatic heterocycles. The SMILES string of the molecule is COc1cc(Br)c(OC)c(C(=O)NNC(=O)c2oc3ccccc3c2C)c1. The van der Waals surface area contributed by atoms with Gasteiger partial charge in [-0.2, -0.15) is 0 Å². The van der Waals surface area contributed by atoms with E-state index in [1.54, 1.807) is 19.1 Å². The second kappa shape index (κ2) is 7.71. The van der Waals surface area contributed by atoms with E-state index in [0.29, 0.717) is 27.1 Å². The second-order valence-electron chi connectivity index (χ2n) is 5.65. The summed E-state index contributed by atoms with van der Waals surface area (Å²) in [5.41, 5.74) is 6.23. The van der Waals surface area contributed by atoms with E-state index in [1.807, 2.05) is 18.2 Å². The van der Waals surface area contributed by atoms with Crippen molar-refractivity contribution in [3.8, 4) is 11.5 Å². The number of amides is 2. The van der Waals surface area contributed by atoms with Crippen LogP contribution in [0.2, 0.25) is 0 Å². The molecule has 1 heterocycles. The van der Waals surface area contributed by atoms with Gasteiger partial charge in [0.25, 0.3) is 5.91 Å². The van der Waals surface area contributed by atoms with Gasteiger partial charge in [0, 0.05) is 10.9 Å². The topological polar surface area (TPSA) is 89.8 Å². The van der Waals surface area contributed by atoms with E-state index in [1.165, 1.54) is 20.3 Å². The number of methoxy groups -OCH3 is 2. The standard InChI is InChI=1S/C19H17BrN2O5/c1-10-12-6-4-5-7-15(12)27-16(10)19(24)22-21-18(23)13-8-11(25-2)9-14(20)17(13)26-3/h4-9H,1-3H3,(H,21,23)(H,22,24). The Morgan fingerprint density at radius 3 is 2.41 bits per heavy atom. The molecule has 0 bridgehead atoms. The van der Waals surface area contributed by atoms with E-state index < -0.39 is 11.8 Å². The maximum Gasteiger partial charge on any atom is 0.305 e. The Morgan fingerprint density at radius 1 is 1.04 bits per heavy atom. The van der Waals surface area contributed by atoms with Crippen LogP contribution < -0.4 is 20.3 Å². The monoisotopic (exact) mass is 432 g/mol. The quantitative estimate of drug-likeness (QED) is 0.614. The fraction of sp³-hybridized carbons (Fsp3) is 0.158. The summed E-state index contributed by atoms with van der Waals surface area (Å²) in [4.78, 5) is 25.0. The normalized spacial score (nSPS) is 10.5. The zero-order valence-electron chi connectivity index (χ0n) is 14.9. The highest BCUT2D eigenvalue weighted by Gasteiger charge is 2.21. The van der Waals surface area contributed by atoms with E-state index in [-0.39, 0.29) is 11.3 Å². The predicted molar refractivity (Wildman–Crippen MR) is 103 cm³/mol. The Bertz CT molecular complexity index is 1030. The molecule has 0 fully saturated rings. The van der Waals surface area contributed by atoms with Gasteiger partial charge >= 0.3 is 5.91 Å². The number of aryl methyl sites for hydroxylation is 1. The third kappa shape index (κ3) is 3.61. The van der Waals surface area contributed by atoms with Crippen molar-refractivity contribution in [2.24, 2.45) is 0 Å². The molecule has 0 atom stereocenters. The van der Waals surface area contributed by atoms with Crippen LogP contribution in [0.5, 0.6) is 11.5 Å². The van der Waals surface area contributed by atoms with Crippen molar-refractivity contribution in [1.29, 1.82) is 0 Å². The Balaban J connectivity index is 1.80. The lowest BCUT2D eigenvalue weighted by molar-refractivity contribution is 0.0830. The minimum absolute atomic E-state index is 0.135. The molecule has 27 heavy (non-hydrogen) atoms. The second-order valence-corrected chi connectivity index (χ2v) is 6.50. The lowest BCUT2D eigenvalue weighted by Gasteiger charge is -2.13. The minimum Gasteiger partial charge on any atom is -0.497 e. The fourth-order valence-electron chi connectivity index (χ4n) is 2.69. The van der Waals surface area contributed by atoms with Gasteiger partial charge in [0.05, 0.1) is 24.3 Å². The predicted octanol–water partition coefficient (Wildman–Crippen LogP) is 3.60. The van der Waals surface area contributed by atoms with Crippen molar-refractivity contribution in [2.45, 2.75) is 6.92 Å². The summed E-state index contributed by atoms with van der Waals surface area (Å²) in [6.07, 6.45) is 0. The molecule has 2 N–H and O–H groups in total. The van der Waals surface area contributed by atoms with Gasteiger partial charge in [-0.1, -0.05) is 18.2 Å². The summed E-state index contributed by atoms with van der Waals surface area (Å²) < 4.78 is 16.5. The number of para-hydroxylation sites is 1. The Kier molecular flexibility index (Phi) is 5.36. The highest BCUT2D eigenvalue weighted by Crippen LogP contribution is 2.33. The van der Waals surface area contributed by atoms with Crippen molar-refractivity contribution < 1.29 is 23.5 Å². The zero-order valence-corrected chi connectivity index (χ0v) is 16.5. The largest absolute Gasteiger partial charge is 0.497 e. The van der Waals surface area contributed by atoms with E-state index in [0.717, 1.165) is 5.39 Å². The number of furan rings is 1. The fourth-order valence-corrected chi connectivity index (χ4v) is 3.29. The third-order valence-electron chi connectivity index (χ3n) is 4.04. The van der Waals surface area contributed by atoms with Crippen LogP contribution in [0.1, 0.15) is 26.5 Å². The maximum absolute atomic E-state index is 12.5. The molecule has 140 valence electrons. The Labute approximate surface area is 163 Å². The lowest BCUT2D eigenvalue weighted by atomic mass is 10.1. The molecule has 1 aromatic heterocycles. The van der Waals surface area contributed by atoms with E-state index in [4.69, 9.17) is 13.9 Å². The minimum atomic E-state index is -0.562. The highest BCUT2D eigenvalue weighted by atomic mass is 79.9. The number of rotatable bonds is 4. The number of hydrogen-bond acceptors (Lipinski definition) is 5. The average Bonchev–Trinajstić information content (AvgIpc) is 3.02. The van der Waals surface area contributed by atoms with Crippen molar-refractivity contribution in [2.75, 3.05) is 14.2 Å². The number of benzene rings is 2. The molecule has 3 rings (SSSR count). The Hall–Kier alpha value is -3.00. The molecule has 0 radical (unpaired) electrons. The Morgan fingerprint density at radius 2 is 1.74 bits per heavy atom. The van der Waals surface area contributed by atoms with Gasteiger partial charge in [-0.15, -0.1) is 0 Å². The molecular weight excluding hydrogens is 416 g/mol. The smallest absolute Gasteiger partial charge is 0.305 e. The number of hydrogen-bond donors (Lipinski definition) is 2. The summed E-state index contributed by atoms with van der Waals surface area (Å²) in [6.45, 7) is 1.78. The first kappa shape index (κ1) is 18.8. The molecule has 8 heteroatoms. The maximum atomic E-state index is 12.5. The van der Waals surface area contributed by atoms with Crippen molar-refractivity contribution in [3.05, 3.63) is 57.8 Å². The zero-order chi connectivity index (χ0) is 19.6. The average molecular weight is 433 g/mol. The molecule has 0 saturated carbocycles. The van der Waals surface area contributed by atoms with E-state index in [2.05, 4.69) is 26.8 Å². The van der Waals surface area contributed by atoms with Crippen LogP contribution in [0.4, 0.5) is 0 Å². The van der Waals surface area contributed by atoms with Crippen molar-refractivity contribution >= 4 is 38.7 Å². The number of carbonyl (C=O) groups is 2. The van der Waals surface area contributed by atoms with Gasteiger partial charge < -0.3 is 13.9 Å². The summed E-state index contributed by atoms with van der Waals surface area (Å²) in [5.74, 6) is -0.198. The molecule has 7 nitrogen and oxygen atoms in total. The first-order chi connectivity index (χ1) is 13.0. The van der Waals surface area contributed by atoms with Crippen LogP contribution >= 0.6 is 15.9 Å². The number of ether oxygens (including phenoxy) is 2. The van der Waals surface area contributed by atoms with Crippen LogP contribution in [-0.2, 0) is 0 Å². The van der Waals surface area contributed by atoms with Gasteiger partial charge in [-0.25, -0.2) is 0 Å². The molecule has 2 aromatic carbocycles. The number of hydrazine groups is 1. The van der Waals surface area contributed by atoms with Crippen LogP contribution in [0, 0.1) is 6.92 Å². The van der Waals surface area contributed by atoms with Crippen molar-refractivity contribution in [1.82, 2.24) is 10.9 Å².